The van der Waals surface area contributed by atoms with Crippen molar-refractivity contribution in [3.8, 4) is 0 Å². The zero-order chi connectivity index (χ0) is 12.5. The molecule has 2 rings (SSSR count). The van der Waals surface area contributed by atoms with Crippen LogP contribution in [0.2, 0.25) is 0 Å². The fourth-order valence-corrected chi connectivity index (χ4v) is 2.45. The number of benzene rings is 1. The quantitative estimate of drug-likeness (QED) is 0.577. The van der Waals surface area contributed by atoms with E-state index in [1.54, 1.807) is 12.1 Å². The van der Waals surface area contributed by atoms with E-state index in [1.807, 2.05) is 18.2 Å². The first-order valence-corrected chi connectivity index (χ1v) is 6.12. The number of ketones is 2. The van der Waals surface area contributed by atoms with Gasteiger partial charge in [-0.1, -0.05) is 44.2 Å². The van der Waals surface area contributed by atoms with Crippen molar-refractivity contribution in [2.45, 2.75) is 33.1 Å². The van der Waals surface area contributed by atoms with Crippen LogP contribution in [0.1, 0.15) is 43.5 Å². The molecule has 0 amide bonds. The predicted octanol–water partition coefficient (Wildman–Crippen LogP) is 3.26. The van der Waals surface area contributed by atoms with Crippen molar-refractivity contribution >= 4 is 11.6 Å². The molecule has 0 bridgehead atoms. The van der Waals surface area contributed by atoms with Crippen LogP contribution in [0.25, 0.3) is 0 Å². The summed E-state index contributed by atoms with van der Waals surface area (Å²) in [7, 11) is 0. The lowest BCUT2D eigenvalue weighted by Gasteiger charge is -2.33. The Hall–Kier alpha value is -1.44. The molecule has 0 heterocycles. The van der Waals surface area contributed by atoms with Gasteiger partial charge in [0.1, 0.15) is 5.78 Å². The van der Waals surface area contributed by atoms with Gasteiger partial charge in [0.25, 0.3) is 0 Å². The summed E-state index contributed by atoms with van der Waals surface area (Å²) in [6, 6.07) is 9.13. The van der Waals surface area contributed by atoms with Crippen molar-refractivity contribution in [2.75, 3.05) is 0 Å². The maximum atomic E-state index is 12.3. The Bertz CT molecular complexity index is 431. The third-order valence-electron chi connectivity index (χ3n) is 3.57. The van der Waals surface area contributed by atoms with Crippen molar-refractivity contribution in [1.82, 2.24) is 0 Å². The van der Waals surface area contributed by atoms with Gasteiger partial charge in [0, 0.05) is 12.0 Å². The minimum absolute atomic E-state index is 0.0108. The normalized spacial score (nSPS) is 23.4. The van der Waals surface area contributed by atoms with E-state index in [1.165, 1.54) is 0 Å². The van der Waals surface area contributed by atoms with Crippen molar-refractivity contribution in [1.29, 1.82) is 0 Å². The van der Waals surface area contributed by atoms with Gasteiger partial charge < -0.3 is 0 Å². The summed E-state index contributed by atoms with van der Waals surface area (Å²) < 4.78 is 0. The van der Waals surface area contributed by atoms with E-state index in [4.69, 9.17) is 0 Å². The van der Waals surface area contributed by atoms with Crippen LogP contribution in [-0.2, 0) is 4.79 Å². The highest BCUT2D eigenvalue weighted by Crippen LogP contribution is 2.37. The van der Waals surface area contributed by atoms with E-state index in [0.717, 1.165) is 6.42 Å². The highest BCUT2D eigenvalue weighted by Gasteiger charge is 2.37. The Morgan fingerprint density at radius 3 is 2.53 bits per heavy atom. The molecule has 1 fully saturated rings. The third-order valence-corrected chi connectivity index (χ3v) is 3.57. The van der Waals surface area contributed by atoms with E-state index < -0.39 is 5.92 Å². The van der Waals surface area contributed by atoms with Gasteiger partial charge in [-0.2, -0.15) is 0 Å². The van der Waals surface area contributed by atoms with E-state index in [9.17, 15) is 9.59 Å². The van der Waals surface area contributed by atoms with Crippen LogP contribution in [-0.4, -0.2) is 11.6 Å². The molecule has 1 aromatic rings. The van der Waals surface area contributed by atoms with Gasteiger partial charge in [0.15, 0.2) is 5.78 Å². The van der Waals surface area contributed by atoms with Crippen LogP contribution in [0.3, 0.4) is 0 Å². The second-order valence-electron chi connectivity index (χ2n) is 5.62. The number of rotatable bonds is 2. The molecule has 0 aliphatic heterocycles. The first-order chi connectivity index (χ1) is 7.99. The molecular formula is C15H18O2. The van der Waals surface area contributed by atoms with Gasteiger partial charge >= 0.3 is 0 Å². The number of hydrogen-bond acceptors (Lipinski definition) is 2. The predicted molar refractivity (Wildman–Crippen MR) is 66.9 cm³/mol. The summed E-state index contributed by atoms with van der Waals surface area (Å²) in [5.41, 5.74) is 0.756. The Labute approximate surface area is 102 Å². The monoisotopic (exact) mass is 230 g/mol. The molecule has 17 heavy (non-hydrogen) atoms. The van der Waals surface area contributed by atoms with Crippen LogP contribution >= 0.6 is 0 Å². The molecular weight excluding hydrogens is 212 g/mol. The number of Topliss-reactive ketones (excluding diaryl/α,β-unsaturated/α-hetero) is 2. The number of carbonyl (C=O) groups is 2. The van der Waals surface area contributed by atoms with Crippen molar-refractivity contribution in [2.24, 2.45) is 11.3 Å². The number of hydrogen-bond donors (Lipinski definition) is 0. The van der Waals surface area contributed by atoms with Gasteiger partial charge in [0.05, 0.1) is 5.92 Å². The molecule has 1 saturated carbocycles. The fraction of sp³-hybridized carbons (Fsp3) is 0.467. The summed E-state index contributed by atoms with van der Waals surface area (Å²) in [6.45, 7) is 4.26. The van der Waals surface area contributed by atoms with Gasteiger partial charge in [0.2, 0.25) is 0 Å². The van der Waals surface area contributed by atoms with Crippen molar-refractivity contribution in [3.05, 3.63) is 35.9 Å². The molecule has 0 spiro atoms. The summed E-state index contributed by atoms with van der Waals surface area (Å²) in [5, 5.41) is 0. The van der Waals surface area contributed by atoms with Crippen LogP contribution in [0.15, 0.2) is 30.3 Å². The minimum atomic E-state index is -0.429. The molecule has 1 aromatic carbocycles. The van der Waals surface area contributed by atoms with Gasteiger partial charge in [-0.3, -0.25) is 9.59 Å². The maximum absolute atomic E-state index is 12.3. The SMILES string of the molecule is CC1(C)CCC(=O)C(C(=O)c2ccccc2)C1. The van der Waals surface area contributed by atoms with Gasteiger partial charge in [-0.15, -0.1) is 0 Å². The topological polar surface area (TPSA) is 34.1 Å². The maximum Gasteiger partial charge on any atom is 0.173 e. The first kappa shape index (κ1) is 12.0. The Morgan fingerprint density at radius 2 is 1.88 bits per heavy atom. The highest BCUT2D eigenvalue weighted by atomic mass is 16.1. The van der Waals surface area contributed by atoms with Crippen LogP contribution in [0.4, 0.5) is 0 Å². The molecule has 1 unspecified atom stereocenters. The fourth-order valence-electron chi connectivity index (χ4n) is 2.45. The lowest BCUT2D eigenvalue weighted by molar-refractivity contribution is -0.125. The summed E-state index contributed by atoms with van der Waals surface area (Å²) in [5.74, 6) is -0.331. The van der Waals surface area contributed by atoms with Crippen LogP contribution in [0.5, 0.6) is 0 Å². The molecule has 0 saturated heterocycles. The van der Waals surface area contributed by atoms with E-state index in [0.29, 0.717) is 18.4 Å². The lowest BCUT2D eigenvalue weighted by atomic mass is 9.69. The van der Waals surface area contributed by atoms with E-state index >= 15 is 0 Å². The van der Waals surface area contributed by atoms with Crippen LogP contribution in [0, 0.1) is 11.3 Å². The summed E-state index contributed by atoms with van der Waals surface area (Å²) in [6.07, 6.45) is 2.11. The molecule has 2 heteroatoms. The molecule has 1 aliphatic carbocycles. The average Bonchev–Trinajstić information content (AvgIpc) is 2.33. The van der Waals surface area contributed by atoms with Gasteiger partial charge in [-0.05, 0) is 18.3 Å². The minimum Gasteiger partial charge on any atom is -0.299 e. The smallest absolute Gasteiger partial charge is 0.173 e. The first-order valence-electron chi connectivity index (χ1n) is 6.12. The van der Waals surface area contributed by atoms with Crippen molar-refractivity contribution < 1.29 is 9.59 Å². The lowest BCUT2D eigenvalue weighted by Crippen LogP contribution is -2.35. The zero-order valence-corrected chi connectivity index (χ0v) is 10.4. The third kappa shape index (κ3) is 2.63. The molecule has 90 valence electrons. The zero-order valence-electron chi connectivity index (χ0n) is 10.4. The molecule has 1 atom stereocenters. The largest absolute Gasteiger partial charge is 0.299 e. The molecule has 0 radical (unpaired) electrons. The highest BCUT2D eigenvalue weighted by molar-refractivity contribution is 6.11. The second kappa shape index (κ2) is 4.44. The molecule has 2 nitrogen and oxygen atoms in total. The molecule has 1 aliphatic rings. The summed E-state index contributed by atoms with van der Waals surface area (Å²) in [4.78, 5) is 24.2. The standard InChI is InChI=1S/C15H18O2/c1-15(2)9-8-13(16)12(10-15)14(17)11-6-4-3-5-7-11/h3-7,12H,8-10H2,1-2H3. The van der Waals surface area contributed by atoms with E-state index in [-0.39, 0.29) is 17.0 Å². The molecule has 0 N–H and O–H groups in total. The van der Waals surface area contributed by atoms with Gasteiger partial charge in [-0.25, -0.2) is 0 Å². The van der Waals surface area contributed by atoms with E-state index in [2.05, 4.69) is 13.8 Å². The average molecular weight is 230 g/mol. The van der Waals surface area contributed by atoms with Crippen LogP contribution < -0.4 is 0 Å². The molecule has 0 aromatic heterocycles. The summed E-state index contributed by atoms with van der Waals surface area (Å²) >= 11 is 0. The second-order valence-corrected chi connectivity index (χ2v) is 5.62. The Kier molecular flexibility index (Phi) is 3.14. The van der Waals surface area contributed by atoms with Crippen molar-refractivity contribution in [3.63, 3.8) is 0 Å². The number of carbonyl (C=O) groups excluding carboxylic acids is 2. The Morgan fingerprint density at radius 1 is 1.24 bits per heavy atom. The Balaban J connectivity index is 2.21.